The first-order valence-electron chi connectivity index (χ1n) is 6.71. The fourth-order valence-corrected chi connectivity index (χ4v) is 3.69. The first-order chi connectivity index (χ1) is 8.90. The molecule has 0 bridgehead atoms. The molecule has 90 valence electrons. The van der Waals surface area contributed by atoms with Gasteiger partial charge in [0.05, 0.1) is 6.61 Å². The van der Waals surface area contributed by atoms with Gasteiger partial charge in [-0.1, -0.05) is 42.5 Å². The SMILES string of the molecule is c1ccc2c(c1)CC[C@@]21CCOc2ccccc21. The van der Waals surface area contributed by atoms with Gasteiger partial charge in [-0.3, -0.25) is 0 Å². The van der Waals surface area contributed by atoms with Gasteiger partial charge in [0.2, 0.25) is 0 Å². The van der Waals surface area contributed by atoms with E-state index in [0.717, 1.165) is 18.8 Å². The van der Waals surface area contributed by atoms with Crippen molar-refractivity contribution >= 4 is 0 Å². The van der Waals surface area contributed by atoms with E-state index in [1.807, 2.05) is 0 Å². The summed E-state index contributed by atoms with van der Waals surface area (Å²) in [7, 11) is 0. The van der Waals surface area contributed by atoms with Crippen LogP contribution in [0, 0.1) is 0 Å². The van der Waals surface area contributed by atoms with Crippen LogP contribution >= 0.6 is 0 Å². The third-order valence-corrected chi connectivity index (χ3v) is 4.54. The third-order valence-electron chi connectivity index (χ3n) is 4.54. The molecule has 0 amide bonds. The van der Waals surface area contributed by atoms with Crippen molar-refractivity contribution < 1.29 is 4.74 Å². The van der Waals surface area contributed by atoms with Gasteiger partial charge in [-0.15, -0.1) is 0 Å². The van der Waals surface area contributed by atoms with E-state index in [-0.39, 0.29) is 5.41 Å². The molecule has 2 aliphatic rings. The van der Waals surface area contributed by atoms with Crippen molar-refractivity contribution in [2.45, 2.75) is 24.7 Å². The summed E-state index contributed by atoms with van der Waals surface area (Å²) in [6, 6.07) is 17.5. The predicted octanol–water partition coefficient (Wildman–Crippen LogP) is 3.70. The molecular weight excluding hydrogens is 220 g/mol. The van der Waals surface area contributed by atoms with Gasteiger partial charge in [0.25, 0.3) is 0 Å². The summed E-state index contributed by atoms with van der Waals surface area (Å²) in [5.41, 5.74) is 4.65. The first kappa shape index (κ1) is 10.2. The van der Waals surface area contributed by atoms with E-state index in [1.165, 1.54) is 29.5 Å². The second-order valence-electron chi connectivity index (χ2n) is 5.33. The molecule has 0 radical (unpaired) electrons. The Morgan fingerprint density at radius 2 is 1.61 bits per heavy atom. The summed E-state index contributed by atoms with van der Waals surface area (Å²) < 4.78 is 5.83. The van der Waals surface area contributed by atoms with Crippen LogP contribution in [-0.4, -0.2) is 6.61 Å². The molecule has 1 atom stereocenters. The Morgan fingerprint density at radius 3 is 2.56 bits per heavy atom. The molecule has 4 rings (SSSR count). The Morgan fingerprint density at radius 1 is 0.833 bits per heavy atom. The quantitative estimate of drug-likeness (QED) is 0.677. The van der Waals surface area contributed by atoms with Gasteiger partial charge in [-0.2, -0.15) is 0 Å². The fraction of sp³-hybridized carbons (Fsp3) is 0.294. The van der Waals surface area contributed by atoms with Crippen LogP contribution in [0.4, 0.5) is 0 Å². The van der Waals surface area contributed by atoms with Crippen LogP contribution in [0.1, 0.15) is 29.5 Å². The number of ether oxygens (including phenoxy) is 1. The number of hydrogen-bond donors (Lipinski definition) is 0. The molecule has 0 N–H and O–H groups in total. The average Bonchev–Trinajstić information content (AvgIpc) is 2.80. The Bertz CT molecular complexity index is 602. The molecule has 18 heavy (non-hydrogen) atoms. The van der Waals surface area contributed by atoms with E-state index in [0.29, 0.717) is 0 Å². The van der Waals surface area contributed by atoms with Gasteiger partial charge in [-0.25, -0.2) is 0 Å². The zero-order valence-electron chi connectivity index (χ0n) is 10.4. The second kappa shape index (κ2) is 3.61. The van der Waals surface area contributed by atoms with E-state index < -0.39 is 0 Å². The zero-order chi connectivity index (χ0) is 12.0. The predicted molar refractivity (Wildman–Crippen MR) is 72.1 cm³/mol. The molecule has 1 heteroatoms. The van der Waals surface area contributed by atoms with Crippen LogP contribution in [0.3, 0.4) is 0 Å². The molecule has 0 saturated heterocycles. The van der Waals surface area contributed by atoms with Crippen molar-refractivity contribution in [1.82, 2.24) is 0 Å². The number of hydrogen-bond acceptors (Lipinski definition) is 1. The lowest BCUT2D eigenvalue weighted by Gasteiger charge is -2.36. The van der Waals surface area contributed by atoms with Gasteiger partial charge in [0.1, 0.15) is 5.75 Å². The topological polar surface area (TPSA) is 9.23 Å². The molecule has 1 nitrogen and oxygen atoms in total. The normalized spacial score (nSPS) is 24.4. The van der Waals surface area contributed by atoms with Crippen molar-refractivity contribution in [2.24, 2.45) is 0 Å². The van der Waals surface area contributed by atoms with Crippen molar-refractivity contribution in [2.75, 3.05) is 6.61 Å². The van der Waals surface area contributed by atoms with Crippen molar-refractivity contribution in [3.05, 3.63) is 65.2 Å². The maximum Gasteiger partial charge on any atom is 0.123 e. The minimum Gasteiger partial charge on any atom is -0.493 e. The van der Waals surface area contributed by atoms with Crippen LogP contribution in [0.25, 0.3) is 0 Å². The van der Waals surface area contributed by atoms with Crippen molar-refractivity contribution in [1.29, 1.82) is 0 Å². The van der Waals surface area contributed by atoms with Gasteiger partial charge in [0, 0.05) is 11.0 Å². The Kier molecular flexibility index (Phi) is 2.05. The van der Waals surface area contributed by atoms with Gasteiger partial charge < -0.3 is 4.74 Å². The summed E-state index contributed by atoms with van der Waals surface area (Å²) >= 11 is 0. The number of benzene rings is 2. The number of aryl methyl sites for hydroxylation is 1. The summed E-state index contributed by atoms with van der Waals surface area (Å²) in [6.45, 7) is 0.839. The van der Waals surface area contributed by atoms with Gasteiger partial charge in [-0.05, 0) is 36.5 Å². The van der Waals surface area contributed by atoms with Crippen LogP contribution in [0.2, 0.25) is 0 Å². The van der Waals surface area contributed by atoms with Gasteiger partial charge >= 0.3 is 0 Å². The highest BCUT2D eigenvalue weighted by atomic mass is 16.5. The first-order valence-corrected chi connectivity index (χ1v) is 6.71. The maximum atomic E-state index is 5.83. The molecule has 2 aromatic carbocycles. The monoisotopic (exact) mass is 236 g/mol. The lowest BCUT2D eigenvalue weighted by atomic mass is 9.72. The second-order valence-corrected chi connectivity index (χ2v) is 5.33. The van der Waals surface area contributed by atoms with Crippen LogP contribution < -0.4 is 4.74 Å². The molecule has 1 aliphatic heterocycles. The van der Waals surface area contributed by atoms with Crippen molar-refractivity contribution in [3.8, 4) is 5.75 Å². The van der Waals surface area contributed by atoms with E-state index in [4.69, 9.17) is 4.74 Å². The minimum absolute atomic E-state index is 0.214. The average molecular weight is 236 g/mol. The highest BCUT2D eigenvalue weighted by Crippen LogP contribution is 2.51. The van der Waals surface area contributed by atoms with E-state index >= 15 is 0 Å². The van der Waals surface area contributed by atoms with Crippen LogP contribution in [-0.2, 0) is 11.8 Å². The van der Waals surface area contributed by atoms with E-state index in [2.05, 4.69) is 48.5 Å². The van der Waals surface area contributed by atoms with Crippen molar-refractivity contribution in [3.63, 3.8) is 0 Å². The minimum atomic E-state index is 0.214. The summed E-state index contributed by atoms with van der Waals surface area (Å²) in [5, 5.41) is 0. The number of para-hydroxylation sites is 1. The fourth-order valence-electron chi connectivity index (χ4n) is 3.69. The lowest BCUT2D eigenvalue weighted by molar-refractivity contribution is 0.234. The molecule has 1 heterocycles. The third kappa shape index (κ3) is 1.22. The number of rotatable bonds is 0. The molecule has 0 fully saturated rings. The Labute approximate surface area is 107 Å². The molecular formula is C17H16O. The largest absolute Gasteiger partial charge is 0.493 e. The van der Waals surface area contributed by atoms with E-state index in [9.17, 15) is 0 Å². The van der Waals surface area contributed by atoms with E-state index in [1.54, 1.807) is 0 Å². The molecule has 0 saturated carbocycles. The summed E-state index contributed by atoms with van der Waals surface area (Å²) in [5.74, 6) is 1.08. The highest BCUT2D eigenvalue weighted by Gasteiger charge is 2.43. The molecule has 0 unspecified atom stereocenters. The standard InChI is InChI=1S/C17H16O/c1-2-6-14-13(5-1)9-10-17(14)11-12-18-16-8-4-3-7-15(16)17/h1-8H,9-12H2/t17-/m1/s1. The van der Waals surface area contributed by atoms with Crippen LogP contribution in [0.15, 0.2) is 48.5 Å². The summed E-state index contributed by atoms with van der Waals surface area (Å²) in [4.78, 5) is 0. The number of fused-ring (bicyclic) bond motifs is 4. The lowest BCUT2D eigenvalue weighted by Crippen LogP contribution is -2.31. The molecule has 2 aromatic rings. The summed E-state index contributed by atoms with van der Waals surface area (Å²) in [6.07, 6.45) is 3.54. The van der Waals surface area contributed by atoms with Gasteiger partial charge in [0.15, 0.2) is 0 Å². The smallest absolute Gasteiger partial charge is 0.123 e. The Hall–Kier alpha value is -1.76. The van der Waals surface area contributed by atoms with Crippen LogP contribution in [0.5, 0.6) is 5.75 Å². The zero-order valence-corrected chi connectivity index (χ0v) is 10.4. The highest BCUT2D eigenvalue weighted by molar-refractivity contribution is 5.53. The molecule has 1 aliphatic carbocycles. The molecule has 1 spiro atoms. The molecule has 0 aromatic heterocycles. The Balaban J connectivity index is 1.97. The maximum absolute atomic E-state index is 5.83.